The van der Waals surface area contributed by atoms with Crippen molar-refractivity contribution in [2.75, 3.05) is 6.54 Å². The maximum atomic E-state index is 10.9. The maximum absolute atomic E-state index is 10.9. The van der Waals surface area contributed by atoms with Gasteiger partial charge in [-0.1, -0.05) is 18.7 Å². The Balaban J connectivity index is 3.42. The Morgan fingerprint density at radius 1 is 1.46 bits per heavy atom. The van der Waals surface area contributed by atoms with E-state index in [2.05, 4.69) is 11.9 Å². The average Bonchev–Trinajstić information content (AvgIpc) is 2.08. The number of rotatable bonds is 6. The standard InChI is InChI=1S/C9H13NO3/c1-2-3-5-8(11)10-7-4-6-9(12)13/h2-3,5H,1,4,6-7H2,(H,10,11)(H,12,13)/b5-3+. The SMILES string of the molecule is C=C/C=C/C(=O)NCCCC(=O)O. The molecule has 0 aromatic heterocycles. The van der Waals surface area contributed by atoms with Crippen LogP contribution in [0.25, 0.3) is 0 Å². The molecule has 0 spiro atoms. The van der Waals surface area contributed by atoms with Crippen molar-refractivity contribution in [1.82, 2.24) is 5.32 Å². The van der Waals surface area contributed by atoms with Crippen molar-refractivity contribution in [3.8, 4) is 0 Å². The number of carbonyl (C=O) groups excluding carboxylic acids is 1. The first-order valence-corrected chi connectivity index (χ1v) is 3.95. The molecule has 13 heavy (non-hydrogen) atoms. The minimum atomic E-state index is -0.851. The van der Waals surface area contributed by atoms with Gasteiger partial charge >= 0.3 is 5.97 Å². The smallest absolute Gasteiger partial charge is 0.303 e. The molecule has 0 rings (SSSR count). The molecule has 0 saturated heterocycles. The van der Waals surface area contributed by atoms with Crippen molar-refractivity contribution in [2.24, 2.45) is 0 Å². The molecule has 0 aliphatic rings. The van der Waals surface area contributed by atoms with Crippen LogP contribution in [0, 0.1) is 0 Å². The maximum Gasteiger partial charge on any atom is 0.303 e. The van der Waals surface area contributed by atoms with E-state index in [4.69, 9.17) is 5.11 Å². The van der Waals surface area contributed by atoms with Crippen LogP contribution in [0.1, 0.15) is 12.8 Å². The Kier molecular flexibility index (Phi) is 6.23. The van der Waals surface area contributed by atoms with Crippen molar-refractivity contribution in [3.05, 3.63) is 24.8 Å². The molecule has 0 fully saturated rings. The Labute approximate surface area is 76.9 Å². The summed E-state index contributed by atoms with van der Waals surface area (Å²) in [5.74, 6) is -1.08. The molecule has 4 nitrogen and oxygen atoms in total. The lowest BCUT2D eigenvalue weighted by Crippen LogP contribution is -2.22. The van der Waals surface area contributed by atoms with Gasteiger partial charge in [-0.05, 0) is 6.42 Å². The Hall–Kier alpha value is -1.58. The number of nitrogens with one attached hydrogen (secondary N) is 1. The van der Waals surface area contributed by atoms with Gasteiger partial charge in [-0.25, -0.2) is 0 Å². The zero-order valence-corrected chi connectivity index (χ0v) is 7.32. The van der Waals surface area contributed by atoms with Crippen molar-refractivity contribution in [2.45, 2.75) is 12.8 Å². The lowest BCUT2D eigenvalue weighted by molar-refractivity contribution is -0.137. The van der Waals surface area contributed by atoms with Crippen LogP contribution in [-0.2, 0) is 9.59 Å². The highest BCUT2D eigenvalue weighted by molar-refractivity contribution is 5.87. The first-order chi connectivity index (χ1) is 6.16. The molecule has 4 heteroatoms. The van der Waals surface area contributed by atoms with Crippen LogP contribution in [0.4, 0.5) is 0 Å². The monoisotopic (exact) mass is 183 g/mol. The van der Waals surface area contributed by atoms with E-state index in [1.807, 2.05) is 0 Å². The average molecular weight is 183 g/mol. The van der Waals surface area contributed by atoms with Gasteiger partial charge in [0, 0.05) is 19.0 Å². The third-order valence-corrected chi connectivity index (χ3v) is 1.25. The van der Waals surface area contributed by atoms with Gasteiger partial charge in [0.05, 0.1) is 0 Å². The fourth-order valence-electron chi connectivity index (χ4n) is 0.666. The van der Waals surface area contributed by atoms with E-state index in [0.717, 1.165) is 0 Å². The van der Waals surface area contributed by atoms with Gasteiger partial charge < -0.3 is 10.4 Å². The van der Waals surface area contributed by atoms with Crippen molar-refractivity contribution in [3.63, 3.8) is 0 Å². The largest absolute Gasteiger partial charge is 0.481 e. The van der Waals surface area contributed by atoms with Crippen LogP contribution in [0.2, 0.25) is 0 Å². The highest BCUT2D eigenvalue weighted by Gasteiger charge is 1.97. The lowest BCUT2D eigenvalue weighted by atomic mass is 10.3. The topological polar surface area (TPSA) is 66.4 Å². The normalized spacial score (nSPS) is 9.85. The first-order valence-electron chi connectivity index (χ1n) is 3.95. The molecule has 0 aliphatic carbocycles. The molecule has 0 radical (unpaired) electrons. The molecular formula is C9H13NO3. The summed E-state index contributed by atoms with van der Waals surface area (Å²) in [7, 11) is 0. The summed E-state index contributed by atoms with van der Waals surface area (Å²) in [6.45, 7) is 3.79. The second-order valence-corrected chi connectivity index (χ2v) is 2.38. The van der Waals surface area contributed by atoms with Gasteiger partial charge in [0.15, 0.2) is 0 Å². The number of allylic oxidation sites excluding steroid dienone is 2. The van der Waals surface area contributed by atoms with Crippen LogP contribution in [0.5, 0.6) is 0 Å². The molecule has 0 unspecified atom stereocenters. The zero-order valence-electron chi connectivity index (χ0n) is 7.32. The van der Waals surface area contributed by atoms with E-state index in [0.29, 0.717) is 13.0 Å². The van der Waals surface area contributed by atoms with E-state index >= 15 is 0 Å². The third kappa shape index (κ3) is 8.33. The number of hydrogen-bond acceptors (Lipinski definition) is 2. The molecular weight excluding hydrogens is 170 g/mol. The summed E-state index contributed by atoms with van der Waals surface area (Å²) in [6, 6.07) is 0. The fourth-order valence-corrected chi connectivity index (χ4v) is 0.666. The molecule has 0 aromatic rings. The minimum Gasteiger partial charge on any atom is -0.481 e. The summed E-state index contributed by atoms with van der Waals surface area (Å²) in [6.07, 6.45) is 4.88. The summed E-state index contributed by atoms with van der Waals surface area (Å²) in [5, 5.41) is 10.8. The van der Waals surface area contributed by atoms with Gasteiger partial charge in [0.1, 0.15) is 0 Å². The van der Waals surface area contributed by atoms with Gasteiger partial charge in [0.2, 0.25) is 5.91 Å². The molecule has 1 amide bonds. The summed E-state index contributed by atoms with van der Waals surface area (Å²) in [4.78, 5) is 20.9. The molecule has 72 valence electrons. The second kappa shape index (κ2) is 7.09. The van der Waals surface area contributed by atoms with E-state index in [9.17, 15) is 9.59 Å². The Morgan fingerprint density at radius 2 is 2.15 bits per heavy atom. The molecule has 0 bridgehead atoms. The first kappa shape index (κ1) is 11.4. The highest BCUT2D eigenvalue weighted by atomic mass is 16.4. The zero-order chi connectivity index (χ0) is 10.1. The van der Waals surface area contributed by atoms with Crippen LogP contribution in [-0.4, -0.2) is 23.5 Å². The lowest BCUT2D eigenvalue weighted by Gasteiger charge is -1.98. The van der Waals surface area contributed by atoms with Crippen LogP contribution < -0.4 is 5.32 Å². The second-order valence-electron chi connectivity index (χ2n) is 2.38. The number of hydrogen-bond donors (Lipinski definition) is 2. The predicted molar refractivity (Wildman–Crippen MR) is 49.2 cm³/mol. The predicted octanol–water partition coefficient (Wildman–Crippen LogP) is 0.710. The quantitative estimate of drug-likeness (QED) is 0.362. The molecule has 0 heterocycles. The molecule has 2 N–H and O–H groups in total. The number of carbonyl (C=O) groups is 2. The van der Waals surface area contributed by atoms with E-state index in [-0.39, 0.29) is 12.3 Å². The van der Waals surface area contributed by atoms with Gasteiger partial charge in [-0.3, -0.25) is 9.59 Å². The Morgan fingerprint density at radius 3 is 2.69 bits per heavy atom. The summed E-state index contributed by atoms with van der Waals surface area (Å²) >= 11 is 0. The summed E-state index contributed by atoms with van der Waals surface area (Å²) in [5.41, 5.74) is 0. The van der Waals surface area contributed by atoms with Crippen molar-refractivity contribution >= 4 is 11.9 Å². The minimum absolute atomic E-state index is 0.0749. The third-order valence-electron chi connectivity index (χ3n) is 1.25. The number of carboxylic acid groups (broad SMARTS) is 1. The molecule has 0 saturated carbocycles. The van der Waals surface area contributed by atoms with Crippen LogP contribution in [0.3, 0.4) is 0 Å². The van der Waals surface area contributed by atoms with Crippen LogP contribution >= 0.6 is 0 Å². The highest BCUT2D eigenvalue weighted by Crippen LogP contribution is 1.86. The van der Waals surface area contributed by atoms with E-state index in [1.54, 1.807) is 0 Å². The van der Waals surface area contributed by atoms with Crippen molar-refractivity contribution in [1.29, 1.82) is 0 Å². The van der Waals surface area contributed by atoms with Gasteiger partial charge in [-0.2, -0.15) is 0 Å². The number of aliphatic carboxylic acids is 1. The fraction of sp³-hybridized carbons (Fsp3) is 0.333. The van der Waals surface area contributed by atoms with Gasteiger partial charge in [0.25, 0.3) is 0 Å². The van der Waals surface area contributed by atoms with Crippen LogP contribution in [0.15, 0.2) is 24.8 Å². The number of carboxylic acids is 1. The molecule has 0 aliphatic heterocycles. The van der Waals surface area contributed by atoms with E-state index < -0.39 is 5.97 Å². The molecule has 0 atom stereocenters. The Bertz CT molecular complexity index is 221. The molecule has 0 aromatic carbocycles. The van der Waals surface area contributed by atoms with Crippen molar-refractivity contribution < 1.29 is 14.7 Å². The van der Waals surface area contributed by atoms with E-state index in [1.165, 1.54) is 18.2 Å². The van der Waals surface area contributed by atoms with Gasteiger partial charge in [-0.15, -0.1) is 0 Å². The summed E-state index contributed by atoms with van der Waals surface area (Å²) < 4.78 is 0. The number of amides is 1.